The van der Waals surface area contributed by atoms with E-state index in [4.69, 9.17) is 5.73 Å². The summed E-state index contributed by atoms with van der Waals surface area (Å²) in [5.74, 6) is -0.0821. The Kier molecular flexibility index (Phi) is 6.78. The van der Waals surface area contributed by atoms with E-state index in [1.54, 1.807) is 22.6 Å². The molecule has 9 heteroatoms. The lowest BCUT2D eigenvalue weighted by atomic mass is 9.88. The van der Waals surface area contributed by atoms with Crippen LogP contribution < -0.4 is 5.73 Å². The molecule has 3 N–H and O–H groups in total. The lowest BCUT2D eigenvalue weighted by molar-refractivity contribution is 0.100. The monoisotopic (exact) mass is 514 g/mol. The highest BCUT2D eigenvalue weighted by atomic mass is 32.2. The SMILES string of the molecule is CCS(=O)(=O)N1CCC(c2c[nH]c3c(C(N)=O)cc(-c4csc(CN(C)C5CCC5)c4)cc23)CC1. The molecular weight excluding hydrogens is 480 g/mol. The van der Waals surface area contributed by atoms with Crippen LogP contribution in [0.25, 0.3) is 22.0 Å². The third-order valence-corrected chi connectivity index (χ3v) is 10.6. The lowest BCUT2D eigenvalue weighted by Gasteiger charge is -2.34. The maximum atomic E-state index is 12.4. The van der Waals surface area contributed by atoms with E-state index in [-0.39, 0.29) is 11.7 Å². The van der Waals surface area contributed by atoms with E-state index in [1.165, 1.54) is 24.1 Å². The van der Waals surface area contributed by atoms with Crippen molar-refractivity contribution in [3.8, 4) is 11.1 Å². The number of carbonyl (C=O) groups excluding carboxylic acids is 1. The molecule has 1 saturated heterocycles. The summed E-state index contributed by atoms with van der Waals surface area (Å²) < 4.78 is 26.2. The van der Waals surface area contributed by atoms with E-state index in [9.17, 15) is 13.2 Å². The Morgan fingerprint density at radius 3 is 2.54 bits per heavy atom. The smallest absolute Gasteiger partial charge is 0.250 e. The van der Waals surface area contributed by atoms with Crippen LogP contribution in [0.15, 0.2) is 29.8 Å². The molecule has 2 aliphatic rings. The van der Waals surface area contributed by atoms with Crippen molar-refractivity contribution in [2.24, 2.45) is 5.73 Å². The second-order valence-electron chi connectivity index (χ2n) is 9.93. The summed E-state index contributed by atoms with van der Waals surface area (Å²) in [5, 5.41) is 3.17. The molecule has 5 rings (SSSR count). The zero-order chi connectivity index (χ0) is 24.7. The van der Waals surface area contributed by atoms with Crippen LogP contribution in [0.5, 0.6) is 0 Å². The number of aromatic nitrogens is 1. The van der Waals surface area contributed by atoms with E-state index in [0.717, 1.165) is 47.0 Å². The molecule has 0 unspecified atom stereocenters. The van der Waals surface area contributed by atoms with Crippen molar-refractivity contribution in [2.75, 3.05) is 25.9 Å². The van der Waals surface area contributed by atoms with Crippen LogP contribution in [0.2, 0.25) is 0 Å². The predicted octanol–water partition coefficient (Wildman–Crippen LogP) is 4.51. The summed E-state index contributed by atoms with van der Waals surface area (Å²) in [6.45, 7) is 3.68. The van der Waals surface area contributed by atoms with Gasteiger partial charge < -0.3 is 10.7 Å². The quantitative estimate of drug-likeness (QED) is 0.462. The van der Waals surface area contributed by atoms with Crippen LogP contribution in [0.4, 0.5) is 0 Å². The number of nitrogens with one attached hydrogen (secondary N) is 1. The first-order valence-electron chi connectivity index (χ1n) is 12.5. The van der Waals surface area contributed by atoms with E-state index in [2.05, 4.69) is 34.4 Å². The molecule has 0 bridgehead atoms. The number of carbonyl (C=O) groups is 1. The fourth-order valence-corrected chi connectivity index (χ4v) is 7.48. The number of amides is 1. The van der Waals surface area contributed by atoms with Crippen LogP contribution in [0.1, 0.15) is 65.7 Å². The van der Waals surface area contributed by atoms with Gasteiger partial charge in [-0.1, -0.05) is 6.42 Å². The van der Waals surface area contributed by atoms with Gasteiger partial charge in [-0.25, -0.2) is 12.7 Å². The standard InChI is InChI=1S/C26H34N4O3S2/c1-3-35(32,33)30-9-7-17(8-10-30)24-14-28-25-22(24)12-18(13-23(25)26(27)31)19-11-21(34-16-19)15-29(2)20-5-4-6-20/h11-14,16-17,20,28H,3-10,15H2,1-2H3,(H2,27,31). The van der Waals surface area contributed by atoms with Gasteiger partial charge in [0.15, 0.2) is 0 Å². The summed E-state index contributed by atoms with van der Waals surface area (Å²) >= 11 is 1.76. The number of nitrogens with zero attached hydrogens (tertiary/aromatic N) is 2. The van der Waals surface area contributed by atoms with Gasteiger partial charge in [-0.15, -0.1) is 11.3 Å². The predicted molar refractivity (Wildman–Crippen MR) is 142 cm³/mol. The van der Waals surface area contributed by atoms with Gasteiger partial charge in [0.2, 0.25) is 10.0 Å². The van der Waals surface area contributed by atoms with Crippen molar-refractivity contribution in [3.63, 3.8) is 0 Å². The minimum absolute atomic E-state index is 0.134. The Morgan fingerprint density at radius 1 is 1.17 bits per heavy atom. The van der Waals surface area contributed by atoms with Gasteiger partial charge in [0.1, 0.15) is 0 Å². The first kappa shape index (κ1) is 24.5. The largest absolute Gasteiger partial charge is 0.366 e. The first-order valence-corrected chi connectivity index (χ1v) is 15.0. The van der Waals surface area contributed by atoms with Crippen LogP contribution >= 0.6 is 11.3 Å². The number of aromatic amines is 1. The number of nitrogens with two attached hydrogens (primary N) is 1. The molecule has 3 heterocycles. The molecular formula is C26H34N4O3S2. The Labute approximate surface area is 211 Å². The first-order chi connectivity index (χ1) is 16.8. The molecule has 1 aliphatic carbocycles. The average Bonchev–Trinajstić information content (AvgIpc) is 3.44. The van der Waals surface area contributed by atoms with Crippen molar-refractivity contribution in [3.05, 3.63) is 45.8 Å². The van der Waals surface area contributed by atoms with Crippen LogP contribution in [-0.2, 0) is 16.6 Å². The van der Waals surface area contributed by atoms with E-state index in [1.807, 2.05) is 12.3 Å². The number of primary amides is 1. The molecule has 1 saturated carbocycles. The number of hydrogen-bond donors (Lipinski definition) is 2. The molecule has 1 aromatic carbocycles. The fourth-order valence-electron chi connectivity index (χ4n) is 5.40. The number of hydrogen-bond acceptors (Lipinski definition) is 5. The van der Waals surface area contributed by atoms with Gasteiger partial charge in [-0.3, -0.25) is 9.69 Å². The fraction of sp³-hybridized carbons (Fsp3) is 0.500. The molecule has 2 fully saturated rings. The third kappa shape index (κ3) is 4.79. The third-order valence-electron chi connectivity index (χ3n) is 7.83. The Bertz CT molecular complexity index is 1330. The number of benzene rings is 1. The van der Waals surface area contributed by atoms with Crippen molar-refractivity contribution in [2.45, 2.75) is 57.5 Å². The summed E-state index contributed by atoms with van der Waals surface area (Å²) in [6, 6.07) is 6.97. The van der Waals surface area contributed by atoms with Gasteiger partial charge in [0.25, 0.3) is 5.91 Å². The van der Waals surface area contributed by atoms with Crippen LogP contribution in [-0.4, -0.2) is 60.4 Å². The van der Waals surface area contributed by atoms with E-state index < -0.39 is 15.9 Å². The zero-order valence-electron chi connectivity index (χ0n) is 20.4. The van der Waals surface area contributed by atoms with E-state index >= 15 is 0 Å². The number of rotatable bonds is 8. The van der Waals surface area contributed by atoms with Gasteiger partial charge in [0, 0.05) is 42.1 Å². The number of thiophene rings is 1. The Hall–Kier alpha value is -2.20. The highest BCUT2D eigenvalue weighted by Crippen LogP contribution is 2.38. The molecule has 2 aromatic heterocycles. The van der Waals surface area contributed by atoms with Crippen LogP contribution in [0.3, 0.4) is 0 Å². The highest BCUT2D eigenvalue weighted by Gasteiger charge is 2.29. The van der Waals surface area contributed by atoms with Crippen molar-refractivity contribution in [1.29, 1.82) is 0 Å². The second kappa shape index (κ2) is 9.69. The van der Waals surface area contributed by atoms with Crippen molar-refractivity contribution >= 4 is 38.2 Å². The summed E-state index contributed by atoms with van der Waals surface area (Å²) in [6.07, 6.45) is 7.39. The molecule has 35 heavy (non-hydrogen) atoms. The number of sulfonamides is 1. The topological polar surface area (TPSA) is 99.5 Å². The minimum atomic E-state index is -3.16. The van der Waals surface area contributed by atoms with Gasteiger partial charge in [-0.2, -0.15) is 0 Å². The normalized spacial score (nSPS) is 18.4. The number of piperidine rings is 1. The van der Waals surface area contributed by atoms with Crippen molar-refractivity contribution in [1.82, 2.24) is 14.2 Å². The maximum Gasteiger partial charge on any atom is 0.250 e. The Balaban J connectivity index is 1.44. The zero-order valence-corrected chi connectivity index (χ0v) is 22.1. The van der Waals surface area contributed by atoms with Crippen molar-refractivity contribution < 1.29 is 13.2 Å². The highest BCUT2D eigenvalue weighted by molar-refractivity contribution is 7.89. The molecule has 0 radical (unpaired) electrons. The second-order valence-corrected chi connectivity index (χ2v) is 13.2. The van der Waals surface area contributed by atoms with E-state index in [0.29, 0.717) is 24.7 Å². The van der Waals surface area contributed by atoms with Gasteiger partial charge in [0.05, 0.1) is 16.8 Å². The van der Waals surface area contributed by atoms with Crippen LogP contribution in [0, 0.1) is 0 Å². The summed E-state index contributed by atoms with van der Waals surface area (Å²) in [4.78, 5) is 19.4. The Morgan fingerprint density at radius 2 is 1.91 bits per heavy atom. The maximum absolute atomic E-state index is 12.4. The molecule has 188 valence electrons. The molecule has 1 amide bonds. The van der Waals surface area contributed by atoms with Gasteiger partial charge in [-0.05, 0) is 85.8 Å². The average molecular weight is 515 g/mol. The molecule has 7 nitrogen and oxygen atoms in total. The lowest BCUT2D eigenvalue weighted by Crippen LogP contribution is -2.38. The minimum Gasteiger partial charge on any atom is -0.366 e. The van der Waals surface area contributed by atoms with Gasteiger partial charge >= 0.3 is 0 Å². The molecule has 1 aliphatic heterocycles. The molecule has 0 atom stereocenters. The number of fused-ring (bicyclic) bond motifs is 1. The molecule has 3 aromatic rings. The number of H-pyrrole nitrogens is 1. The summed E-state index contributed by atoms with van der Waals surface area (Å²) in [7, 11) is -0.967. The molecule has 0 spiro atoms. The summed E-state index contributed by atoms with van der Waals surface area (Å²) in [5.41, 5.74) is 10.3.